The Balaban J connectivity index is 1.87. The lowest BCUT2D eigenvalue weighted by Gasteiger charge is -2.20. The van der Waals surface area contributed by atoms with Crippen LogP contribution in [0.25, 0.3) is 0 Å². The minimum atomic E-state index is -0.218. The predicted octanol–water partition coefficient (Wildman–Crippen LogP) is 2.17. The first kappa shape index (κ1) is 16.8. The Morgan fingerprint density at radius 2 is 1.92 bits per heavy atom. The van der Waals surface area contributed by atoms with Crippen molar-refractivity contribution in [2.45, 2.75) is 38.6 Å². The summed E-state index contributed by atoms with van der Waals surface area (Å²) in [6, 6.07) is 8.13. The number of amides is 2. The van der Waals surface area contributed by atoms with Crippen LogP contribution in [0.15, 0.2) is 24.3 Å². The van der Waals surface area contributed by atoms with Gasteiger partial charge in [0.05, 0.1) is 13.0 Å². The summed E-state index contributed by atoms with van der Waals surface area (Å²) < 4.78 is 5.49. The number of ether oxygens (including phenoxy) is 1. The van der Waals surface area contributed by atoms with E-state index >= 15 is 0 Å². The maximum absolute atomic E-state index is 12.7. The average molecular weight is 330 g/mol. The molecule has 1 aromatic carbocycles. The van der Waals surface area contributed by atoms with Crippen LogP contribution in [-0.4, -0.2) is 43.0 Å². The molecule has 2 amide bonds. The molecular formula is C19H26N2O3. The third-order valence-electron chi connectivity index (χ3n) is 4.92. The number of hydrogen-bond donors (Lipinski definition) is 1. The molecule has 2 unspecified atom stereocenters. The molecule has 0 spiro atoms. The minimum absolute atomic E-state index is 0.0254. The van der Waals surface area contributed by atoms with Crippen molar-refractivity contribution in [1.82, 2.24) is 10.2 Å². The zero-order valence-corrected chi connectivity index (χ0v) is 14.6. The molecule has 2 aliphatic rings. The maximum atomic E-state index is 12.7. The maximum Gasteiger partial charge on any atom is 0.225 e. The van der Waals surface area contributed by atoms with Crippen molar-refractivity contribution in [1.29, 1.82) is 0 Å². The van der Waals surface area contributed by atoms with Crippen molar-refractivity contribution in [3.63, 3.8) is 0 Å². The quantitative estimate of drug-likeness (QED) is 0.900. The Hall–Kier alpha value is -2.04. The van der Waals surface area contributed by atoms with Gasteiger partial charge in [0, 0.05) is 31.0 Å². The van der Waals surface area contributed by atoms with E-state index in [1.54, 1.807) is 7.11 Å². The molecule has 1 saturated carbocycles. The summed E-state index contributed by atoms with van der Waals surface area (Å²) in [7, 11) is 1.64. The fourth-order valence-corrected chi connectivity index (χ4v) is 3.44. The van der Waals surface area contributed by atoms with Gasteiger partial charge >= 0.3 is 0 Å². The van der Waals surface area contributed by atoms with E-state index in [4.69, 9.17) is 4.74 Å². The van der Waals surface area contributed by atoms with Crippen molar-refractivity contribution >= 4 is 11.8 Å². The smallest absolute Gasteiger partial charge is 0.225 e. The Kier molecular flexibility index (Phi) is 4.78. The molecule has 1 N–H and O–H groups in total. The number of likely N-dealkylation sites (tertiary alicyclic amines) is 1. The molecule has 1 saturated heterocycles. The molecule has 2 atom stereocenters. The van der Waals surface area contributed by atoms with Gasteiger partial charge in [-0.15, -0.1) is 0 Å². The van der Waals surface area contributed by atoms with Crippen molar-refractivity contribution in [2.75, 3.05) is 20.2 Å². The summed E-state index contributed by atoms with van der Waals surface area (Å²) in [5.74, 6) is 0.649. The van der Waals surface area contributed by atoms with Gasteiger partial charge in [-0.05, 0) is 24.5 Å². The molecule has 5 heteroatoms. The Labute approximate surface area is 143 Å². The van der Waals surface area contributed by atoms with Crippen molar-refractivity contribution in [3.05, 3.63) is 29.8 Å². The van der Waals surface area contributed by atoms with E-state index in [1.165, 1.54) is 0 Å². The van der Waals surface area contributed by atoms with Gasteiger partial charge in [-0.2, -0.15) is 0 Å². The largest absolute Gasteiger partial charge is 0.496 e. The summed E-state index contributed by atoms with van der Waals surface area (Å²) in [4.78, 5) is 27.0. The number of para-hydroxylation sites is 1. The lowest BCUT2D eigenvalue weighted by atomic mass is 9.87. The van der Waals surface area contributed by atoms with E-state index < -0.39 is 0 Å². The minimum Gasteiger partial charge on any atom is -0.496 e. The summed E-state index contributed by atoms with van der Waals surface area (Å²) >= 11 is 0. The van der Waals surface area contributed by atoms with E-state index in [0.717, 1.165) is 24.2 Å². The van der Waals surface area contributed by atoms with Crippen LogP contribution in [-0.2, 0) is 9.59 Å². The number of benzene rings is 1. The SMILES string of the molecule is COc1ccccc1C1CN(C(=O)C(C)C)CC1C(=O)NC1CC1. The van der Waals surface area contributed by atoms with E-state index in [0.29, 0.717) is 19.1 Å². The van der Waals surface area contributed by atoms with Crippen molar-refractivity contribution < 1.29 is 14.3 Å². The highest BCUT2D eigenvalue weighted by Gasteiger charge is 2.42. The number of nitrogens with one attached hydrogen (secondary N) is 1. The van der Waals surface area contributed by atoms with Gasteiger partial charge < -0.3 is 15.0 Å². The highest BCUT2D eigenvalue weighted by Crippen LogP contribution is 2.38. The first-order valence-electron chi connectivity index (χ1n) is 8.73. The third-order valence-corrected chi connectivity index (χ3v) is 4.92. The van der Waals surface area contributed by atoms with E-state index in [2.05, 4.69) is 5.32 Å². The first-order chi connectivity index (χ1) is 11.5. The molecule has 1 heterocycles. The zero-order chi connectivity index (χ0) is 17.3. The van der Waals surface area contributed by atoms with Crippen LogP contribution < -0.4 is 10.1 Å². The van der Waals surface area contributed by atoms with Crippen LogP contribution >= 0.6 is 0 Å². The fraction of sp³-hybridized carbons (Fsp3) is 0.579. The van der Waals surface area contributed by atoms with Gasteiger partial charge in [0.1, 0.15) is 5.75 Å². The molecule has 1 aliphatic carbocycles. The van der Waals surface area contributed by atoms with Crippen LogP contribution in [0.5, 0.6) is 5.75 Å². The Morgan fingerprint density at radius 3 is 2.54 bits per heavy atom. The second-order valence-corrected chi connectivity index (χ2v) is 7.14. The summed E-state index contributed by atoms with van der Waals surface area (Å²) in [5, 5.41) is 3.10. The fourth-order valence-electron chi connectivity index (χ4n) is 3.44. The topological polar surface area (TPSA) is 58.6 Å². The second-order valence-electron chi connectivity index (χ2n) is 7.14. The molecule has 1 aromatic rings. The van der Waals surface area contributed by atoms with Gasteiger partial charge in [-0.25, -0.2) is 0 Å². The Bertz CT molecular complexity index is 625. The van der Waals surface area contributed by atoms with Crippen molar-refractivity contribution in [3.8, 4) is 5.75 Å². The van der Waals surface area contributed by atoms with E-state index in [9.17, 15) is 9.59 Å². The highest BCUT2D eigenvalue weighted by atomic mass is 16.5. The van der Waals surface area contributed by atoms with Crippen LogP contribution in [0.4, 0.5) is 0 Å². The number of carbonyl (C=O) groups excluding carboxylic acids is 2. The van der Waals surface area contributed by atoms with Crippen molar-refractivity contribution in [2.24, 2.45) is 11.8 Å². The number of rotatable bonds is 5. The van der Waals surface area contributed by atoms with E-state index in [-0.39, 0.29) is 29.6 Å². The zero-order valence-electron chi connectivity index (χ0n) is 14.6. The van der Waals surface area contributed by atoms with Crippen LogP contribution in [0.3, 0.4) is 0 Å². The molecule has 130 valence electrons. The molecule has 3 rings (SSSR count). The lowest BCUT2D eigenvalue weighted by Crippen LogP contribution is -2.37. The molecule has 5 nitrogen and oxygen atoms in total. The number of methoxy groups -OCH3 is 1. The molecule has 2 fully saturated rings. The van der Waals surface area contributed by atoms with Crippen LogP contribution in [0, 0.1) is 11.8 Å². The molecule has 0 aromatic heterocycles. The summed E-state index contributed by atoms with van der Waals surface area (Å²) in [5.41, 5.74) is 1.01. The third kappa shape index (κ3) is 3.40. The first-order valence-corrected chi connectivity index (χ1v) is 8.73. The molecular weight excluding hydrogens is 304 g/mol. The molecule has 0 radical (unpaired) electrons. The average Bonchev–Trinajstić information content (AvgIpc) is 3.28. The van der Waals surface area contributed by atoms with Gasteiger partial charge in [0.15, 0.2) is 0 Å². The van der Waals surface area contributed by atoms with Gasteiger partial charge in [-0.1, -0.05) is 32.0 Å². The molecule has 1 aliphatic heterocycles. The van der Waals surface area contributed by atoms with Crippen LogP contribution in [0.1, 0.15) is 38.2 Å². The molecule has 0 bridgehead atoms. The number of carbonyl (C=O) groups is 2. The van der Waals surface area contributed by atoms with E-state index in [1.807, 2.05) is 43.0 Å². The monoisotopic (exact) mass is 330 g/mol. The Morgan fingerprint density at radius 1 is 1.21 bits per heavy atom. The van der Waals surface area contributed by atoms with Gasteiger partial charge in [-0.3, -0.25) is 9.59 Å². The second kappa shape index (κ2) is 6.83. The summed E-state index contributed by atoms with van der Waals surface area (Å²) in [6.45, 7) is 4.86. The summed E-state index contributed by atoms with van der Waals surface area (Å²) in [6.07, 6.45) is 2.12. The standard InChI is InChI=1S/C19H26N2O3/c1-12(2)19(23)21-10-15(14-6-4-5-7-17(14)24-3)16(11-21)18(22)20-13-8-9-13/h4-7,12-13,15-16H,8-11H2,1-3H3,(H,20,22). The van der Waals surface area contributed by atoms with Crippen LogP contribution in [0.2, 0.25) is 0 Å². The number of hydrogen-bond acceptors (Lipinski definition) is 3. The lowest BCUT2D eigenvalue weighted by molar-refractivity contribution is -0.133. The highest BCUT2D eigenvalue weighted by molar-refractivity contribution is 5.84. The predicted molar refractivity (Wildman–Crippen MR) is 91.8 cm³/mol. The molecule has 24 heavy (non-hydrogen) atoms. The van der Waals surface area contributed by atoms with Gasteiger partial charge in [0.25, 0.3) is 0 Å². The normalized spacial score (nSPS) is 23.4. The van der Waals surface area contributed by atoms with Gasteiger partial charge in [0.2, 0.25) is 11.8 Å². The number of nitrogens with zero attached hydrogens (tertiary/aromatic N) is 1.